The first-order valence-electron chi connectivity index (χ1n) is 4.98. The lowest BCUT2D eigenvalue weighted by molar-refractivity contribution is 0.132. The molecular weight excluding hydrogens is 261 g/mol. The van der Waals surface area contributed by atoms with E-state index in [0.717, 1.165) is 6.26 Å². The topological polar surface area (TPSA) is 103 Å². The highest BCUT2D eigenvalue weighted by atomic mass is 32.2. The number of azide groups is 1. The Kier molecular flexibility index (Phi) is 4.66. The van der Waals surface area contributed by atoms with Gasteiger partial charge in [-0.15, -0.1) is 0 Å². The summed E-state index contributed by atoms with van der Waals surface area (Å²) >= 11 is 0. The quantitative estimate of drug-likeness (QED) is 0.502. The zero-order chi connectivity index (χ0) is 13.8. The van der Waals surface area contributed by atoms with Gasteiger partial charge in [0.25, 0.3) is 0 Å². The Bertz CT molecular complexity index is 552. The second kappa shape index (κ2) is 5.81. The van der Waals surface area contributed by atoms with Gasteiger partial charge in [0, 0.05) is 11.2 Å². The summed E-state index contributed by atoms with van der Waals surface area (Å²) < 4.78 is 35.0. The first-order chi connectivity index (χ1) is 8.40. The summed E-state index contributed by atoms with van der Waals surface area (Å²) in [4.78, 5) is 2.54. The number of benzene rings is 1. The van der Waals surface area contributed by atoms with Crippen LogP contribution in [0.5, 0.6) is 0 Å². The molecule has 98 valence electrons. The van der Waals surface area contributed by atoms with Crippen LogP contribution in [0.4, 0.5) is 4.39 Å². The Morgan fingerprint density at radius 1 is 1.44 bits per heavy atom. The SMILES string of the molecule is CS(=O)(=O)c1ccc([C@@H](O)[C@@H](CF)N=[N+]=[N-])cc1. The molecule has 0 aliphatic heterocycles. The van der Waals surface area contributed by atoms with Gasteiger partial charge >= 0.3 is 0 Å². The van der Waals surface area contributed by atoms with E-state index >= 15 is 0 Å². The molecule has 0 fully saturated rings. The number of rotatable bonds is 5. The lowest BCUT2D eigenvalue weighted by Gasteiger charge is -2.15. The van der Waals surface area contributed by atoms with Crippen molar-refractivity contribution >= 4 is 9.84 Å². The standard InChI is InChI=1S/C10H12FN3O3S/c1-18(16,17)8-4-2-7(3-5-8)10(15)9(6-11)13-14-12/h2-5,9-10,15H,6H2,1H3/t9-,10-/m1/s1. The summed E-state index contributed by atoms with van der Waals surface area (Å²) in [6, 6.07) is 4.10. The summed E-state index contributed by atoms with van der Waals surface area (Å²) in [7, 11) is -3.32. The normalized spacial score (nSPS) is 14.6. The van der Waals surface area contributed by atoms with Gasteiger partial charge in [-0.1, -0.05) is 17.2 Å². The molecule has 0 radical (unpaired) electrons. The monoisotopic (exact) mass is 273 g/mol. The fourth-order valence-electron chi connectivity index (χ4n) is 1.38. The molecule has 0 aromatic heterocycles. The summed E-state index contributed by atoms with van der Waals surface area (Å²) in [5.41, 5.74) is 8.50. The van der Waals surface area contributed by atoms with Gasteiger partial charge in [-0.05, 0) is 23.2 Å². The summed E-state index contributed by atoms with van der Waals surface area (Å²) in [5, 5.41) is 12.9. The van der Waals surface area contributed by atoms with Crippen LogP contribution in [0.1, 0.15) is 11.7 Å². The molecule has 2 atom stereocenters. The third-order valence-electron chi connectivity index (χ3n) is 2.37. The van der Waals surface area contributed by atoms with Gasteiger partial charge < -0.3 is 5.11 Å². The number of sulfone groups is 1. The Morgan fingerprint density at radius 3 is 2.39 bits per heavy atom. The maximum absolute atomic E-state index is 12.5. The largest absolute Gasteiger partial charge is 0.388 e. The lowest BCUT2D eigenvalue weighted by Crippen LogP contribution is -2.18. The van der Waals surface area contributed by atoms with E-state index in [4.69, 9.17) is 5.53 Å². The zero-order valence-electron chi connectivity index (χ0n) is 9.56. The average molecular weight is 273 g/mol. The number of aliphatic hydroxyl groups is 1. The fourth-order valence-corrected chi connectivity index (χ4v) is 2.01. The molecule has 8 heteroatoms. The lowest BCUT2D eigenvalue weighted by atomic mass is 10.0. The van der Waals surface area contributed by atoms with Crippen molar-refractivity contribution in [2.75, 3.05) is 12.9 Å². The second-order valence-electron chi connectivity index (χ2n) is 3.71. The average Bonchev–Trinajstić information content (AvgIpc) is 2.34. The molecule has 0 aliphatic carbocycles. The van der Waals surface area contributed by atoms with Gasteiger partial charge in [0.1, 0.15) is 6.67 Å². The molecule has 0 spiro atoms. The highest BCUT2D eigenvalue weighted by Crippen LogP contribution is 2.21. The van der Waals surface area contributed by atoms with Crippen LogP contribution in [-0.4, -0.2) is 32.5 Å². The van der Waals surface area contributed by atoms with Crippen LogP contribution in [0.2, 0.25) is 0 Å². The molecule has 0 aliphatic rings. The van der Waals surface area contributed by atoms with E-state index in [0.29, 0.717) is 0 Å². The molecule has 0 saturated carbocycles. The molecule has 1 aromatic carbocycles. The number of alkyl halides is 1. The van der Waals surface area contributed by atoms with Crippen LogP contribution in [0, 0.1) is 0 Å². The van der Waals surface area contributed by atoms with Crippen molar-refractivity contribution in [1.82, 2.24) is 0 Å². The minimum atomic E-state index is -3.32. The number of nitrogens with zero attached hydrogens (tertiary/aromatic N) is 3. The molecule has 1 rings (SSSR count). The molecule has 18 heavy (non-hydrogen) atoms. The maximum atomic E-state index is 12.5. The highest BCUT2D eigenvalue weighted by molar-refractivity contribution is 7.90. The van der Waals surface area contributed by atoms with E-state index in [1.807, 2.05) is 0 Å². The number of aliphatic hydroxyl groups excluding tert-OH is 1. The third kappa shape index (κ3) is 3.43. The Hall–Kier alpha value is -1.63. The van der Waals surface area contributed by atoms with Crippen molar-refractivity contribution in [2.45, 2.75) is 17.0 Å². The first kappa shape index (κ1) is 14.4. The van der Waals surface area contributed by atoms with Crippen molar-refractivity contribution in [3.05, 3.63) is 40.3 Å². The third-order valence-corrected chi connectivity index (χ3v) is 3.50. The van der Waals surface area contributed by atoms with Crippen LogP contribution in [0.3, 0.4) is 0 Å². The number of halogens is 1. The Balaban J connectivity index is 3.01. The van der Waals surface area contributed by atoms with Crippen molar-refractivity contribution in [2.24, 2.45) is 5.11 Å². The van der Waals surface area contributed by atoms with Crippen molar-refractivity contribution in [3.8, 4) is 0 Å². The fraction of sp³-hybridized carbons (Fsp3) is 0.400. The minimum Gasteiger partial charge on any atom is -0.388 e. The predicted molar refractivity (Wildman–Crippen MR) is 63.4 cm³/mol. The first-order valence-corrected chi connectivity index (χ1v) is 6.87. The number of hydrogen-bond acceptors (Lipinski definition) is 4. The maximum Gasteiger partial charge on any atom is 0.175 e. The van der Waals surface area contributed by atoms with Crippen LogP contribution in [0.25, 0.3) is 10.4 Å². The van der Waals surface area contributed by atoms with Gasteiger partial charge in [-0.25, -0.2) is 8.42 Å². The minimum absolute atomic E-state index is 0.0963. The molecule has 0 saturated heterocycles. The molecule has 0 bridgehead atoms. The molecular formula is C10H12FN3O3S. The van der Waals surface area contributed by atoms with Gasteiger partial charge in [-0.3, -0.25) is 4.39 Å². The van der Waals surface area contributed by atoms with Crippen LogP contribution >= 0.6 is 0 Å². The van der Waals surface area contributed by atoms with Crippen molar-refractivity contribution in [3.63, 3.8) is 0 Å². The highest BCUT2D eigenvalue weighted by Gasteiger charge is 2.20. The predicted octanol–water partition coefficient (Wildman–Crippen LogP) is 1.77. The van der Waals surface area contributed by atoms with Crippen molar-refractivity contribution < 1.29 is 17.9 Å². The zero-order valence-corrected chi connectivity index (χ0v) is 10.4. The van der Waals surface area contributed by atoms with E-state index in [1.165, 1.54) is 24.3 Å². The molecule has 0 unspecified atom stereocenters. The van der Waals surface area contributed by atoms with Crippen LogP contribution in [0.15, 0.2) is 34.3 Å². The van der Waals surface area contributed by atoms with Gasteiger partial charge in [0.2, 0.25) is 0 Å². The van der Waals surface area contributed by atoms with E-state index in [-0.39, 0.29) is 10.5 Å². The second-order valence-corrected chi connectivity index (χ2v) is 5.73. The summed E-state index contributed by atoms with van der Waals surface area (Å²) in [5.74, 6) is 0. The van der Waals surface area contributed by atoms with Crippen LogP contribution in [-0.2, 0) is 9.84 Å². The molecule has 0 amide bonds. The van der Waals surface area contributed by atoms with Crippen molar-refractivity contribution in [1.29, 1.82) is 0 Å². The van der Waals surface area contributed by atoms with E-state index in [9.17, 15) is 17.9 Å². The summed E-state index contributed by atoms with van der Waals surface area (Å²) in [6.45, 7) is -1.00. The van der Waals surface area contributed by atoms with E-state index in [2.05, 4.69) is 10.0 Å². The van der Waals surface area contributed by atoms with Crippen LogP contribution < -0.4 is 0 Å². The Labute approximate surface area is 104 Å². The smallest absolute Gasteiger partial charge is 0.175 e. The van der Waals surface area contributed by atoms with Gasteiger partial charge in [-0.2, -0.15) is 0 Å². The molecule has 6 nitrogen and oxygen atoms in total. The van der Waals surface area contributed by atoms with E-state index < -0.39 is 28.7 Å². The van der Waals surface area contributed by atoms with E-state index in [1.54, 1.807) is 0 Å². The van der Waals surface area contributed by atoms with Gasteiger partial charge in [0.15, 0.2) is 9.84 Å². The summed E-state index contributed by atoms with van der Waals surface area (Å²) in [6.07, 6.45) is -0.248. The molecule has 1 N–H and O–H groups in total. The number of hydrogen-bond donors (Lipinski definition) is 1. The Morgan fingerprint density at radius 2 is 2.00 bits per heavy atom. The molecule has 0 heterocycles. The van der Waals surface area contributed by atoms with Gasteiger partial charge in [0.05, 0.1) is 17.0 Å². The molecule has 1 aromatic rings.